The van der Waals surface area contributed by atoms with Crippen molar-refractivity contribution in [2.45, 2.75) is 14.0 Å². The highest BCUT2D eigenvalue weighted by Gasteiger charge is 1.90. The van der Waals surface area contributed by atoms with Gasteiger partial charge in [0.1, 0.15) is 12.0 Å². The van der Waals surface area contributed by atoms with E-state index in [0.29, 0.717) is 6.61 Å². The predicted molar refractivity (Wildman–Crippen MR) is 33.9 cm³/mol. The Morgan fingerprint density at radius 1 is 1.78 bits per heavy atom. The van der Waals surface area contributed by atoms with Gasteiger partial charge in [-0.2, -0.15) is 0 Å². The number of rotatable bonds is 2. The molecule has 0 unspecified atom stereocenters. The third-order valence-corrected chi connectivity index (χ3v) is 0.776. The van der Waals surface area contributed by atoms with Crippen molar-refractivity contribution in [1.29, 1.82) is 0 Å². The molecule has 3 heteroatoms. The Labute approximate surface area is 54.7 Å². The van der Waals surface area contributed by atoms with Crippen LogP contribution in [-0.4, -0.2) is 12.1 Å². The number of oxazole rings is 1. The fraction of sp³-hybridized carbons (Fsp3) is 0.500. The highest BCUT2D eigenvalue weighted by atomic mass is 16.5. The zero-order valence-electron chi connectivity index (χ0n) is 4.63. The van der Waals surface area contributed by atoms with Gasteiger partial charge in [0.25, 0.3) is 0 Å². The number of aromatic nitrogens is 1. The van der Waals surface area contributed by atoms with E-state index in [2.05, 4.69) is 9.40 Å². The minimum absolute atomic E-state index is 0. The van der Waals surface area contributed by atoms with Crippen molar-refractivity contribution in [3.63, 3.8) is 0 Å². The predicted octanol–water partition coefficient (Wildman–Crippen LogP) is 1.46. The SMILES string of the molecule is C.COCc1cocn1. The summed E-state index contributed by atoms with van der Waals surface area (Å²) in [6.45, 7) is 0.524. The van der Waals surface area contributed by atoms with Gasteiger partial charge in [0.2, 0.25) is 0 Å². The van der Waals surface area contributed by atoms with E-state index in [9.17, 15) is 0 Å². The van der Waals surface area contributed by atoms with Crippen LogP contribution in [-0.2, 0) is 11.3 Å². The number of ether oxygens (including phenoxy) is 1. The number of nitrogens with zero attached hydrogens (tertiary/aromatic N) is 1. The van der Waals surface area contributed by atoms with Crippen LogP contribution >= 0.6 is 0 Å². The molecule has 1 aromatic rings. The van der Waals surface area contributed by atoms with Crippen molar-refractivity contribution in [1.82, 2.24) is 4.98 Å². The summed E-state index contributed by atoms with van der Waals surface area (Å²) in [5.41, 5.74) is 0.826. The first-order chi connectivity index (χ1) is 3.93. The summed E-state index contributed by atoms with van der Waals surface area (Å²) in [6.07, 6.45) is 2.94. The van der Waals surface area contributed by atoms with Crippen LogP contribution in [0.15, 0.2) is 17.1 Å². The summed E-state index contributed by atoms with van der Waals surface area (Å²) >= 11 is 0. The van der Waals surface area contributed by atoms with Crippen molar-refractivity contribution in [2.24, 2.45) is 0 Å². The quantitative estimate of drug-likeness (QED) is 0.606. The summed E-state index contributed by atoms with van der Waals surface area (Å²) < 4.78 is 9.44. The molecule has 0 fully saturated rings. The van der Waals surface area contributed by atoms with Gasteiger partial charge in [-0.3, -0.25) is 0 Å². The Morgan fingerprint density at radius 2 is 2.56 bits per heavy atom. The van der Waals surface area contributed by atoms with Crippen LogP contribution < -0.4 is 0 Å². The monoisotopic (exact) mass is 129 g/mol. The Morgan fingerprint density at radius 3 is 3.00 bits per heavy atom. The molecule has 1 rings (SSSR count). The van der Waals surface area contributed by atoms with E-state index in [1.165, 1.54) is 6.39 Å². The lowest BCUT2D eigenvalue weighted by molar-refractivity contribution is 0.181. The van der Waals surface area contributed by atoms with Crippen LogP contribution in [0, 0.1) is 0 Å². The molecule has 52 valence electrons. The Kier molecular flexibility index (Phi) is 3.71. The molecule has 0 saturated heterocycles. The Hall–Kier alpha value is -0.830. The maximum atomic E-state index is 4.76. The molecule has 0 aliphatic carbocycles. The summed E-state index contributed by atoms with van der Waals surface area (Å²) in [5, 5.41) is 0. The highest BCUT2D eigenvalue weighted by molar-refractivity contribution is 4.86. The molecule has 0 spiro atoms. The van der Waals surface area contributed by atoms with Crippen LogP contribution in [0.2, 0.25) is 0 Å². The summed E-state index contributed by atoms with van der Waals surface area (Å²) in [5.74, 6) is 0. The van der Waals surface area contributed by atoms with Crippen molar-refractivity contribution in [2.75, 3.05) is 7.11 Å². The van der Waals surface area contributed by atoms with Gasteiger partial charge in [-0.15, -0.1) is 0 Å². The van der Waals surface area contributed by atoms with Crippen LogP contribution in [0.3, 0.4) is 0 Å². The molecule has 0 radical (unpaired) electrons. The van der Waals surface area contributed by atoms with E-state index in [-0.39, 0.29) is 7.43 Å². The molecule has 0 aromatic carbocycles. The summed E-state index contributed by atoms with van der Waals surface area (Å²) in [7, 11) is 1.62. The smallest absolute Gasteiger partial charge is 0.180 e. The van der Waals surface area contributed by atoms with Crippen molar-refractivity contribution < 1.29 is 9.15 Å². The largest absolute Gasteiger partial charge is 0.451 e. The third kappa shape index (κ3) is 2.28. The van der Waals surface area contributed by atoms with E-state index in [1.807, 2.05) is 0 Å². The van der Waals surface area contributed by atoms with E-state index in [1.54, 1.807) is 13.4 Å². The van der Waals surface area contributed by atoms with E-state index in [4.69, 9.17) is 4.74 Å². The minimum atomic E-state index is 0. The van der Waals surface area contributed by atoms with Crippen LogP contribution in [0.5, 0.6) is 0 Å². The third-order valence-electron chi connectivity index (χ3n) is 0.776. The molecule has 0 N–H and O–H groups in total. The average Bonchev–Trinajstić information content (AvgIpc) is 2.19. The molecular weight excluding hydrogens is 118 g/mol. The maximum absolute atomic E-state index is 4.76. The van der Waals surface area contributed by atoms with Gasteiger partial charge in [-0.05, 0) is 0 Å². The molecular formula is C6H11NO2. The van der Waals surface area contributed by atoms with Crippen LogP contribution in [0.4, 0.5) is 0 Å². The topological polar surface area (TPSA) is 35.3 Å². The minimum Gasteiger partial charge on any atom is -0.451 e. The molecule has 0 aliphatic rings. The van der Waals surface area contributed by atoms with Crippen molar-refractivity contribution in [3.05, 3.63) is 18.4 Å². The summed E-state index contributed by atoms with van der Waals surface area (Å²) in [4.78, 5) is 3.81. The first-order valence-electron chi connectivity index (χ1n) is 2.29. The molecule has 3 nitrogen and oxygen atoms in total. The molecule has 0 saturated carbocycles. The molecule has 1 aromatic heterocycles. The van der Waals surface area contributed by atoms with Gasteiger partial charge >= 0.3 is 0 Å². The summed E-state index contributed by atoms with van der Waals surface area (Å²) in [6, 6.07) is 0. The molecule has 9 heavy (non-hydrogen) atoms. The first kappa shape index (κ1) is 8.17. The lowest BCUT2D eigenvalue weighted by Crippen LogP contribution is -1.84. The standard InChI is InChI=1S/C5H7NO2.CH4/c1-7-2-5-3-8-4-6-5;/h3-4H,2H2,1H3;1H4. The van der Waals surface area contributed by atoms with Crippen molar-refractivity contribution >= 4 is 0 Å². The normalized spacial score (nSPS) is 8.56. The number of methoxy groups -OCH3 is 1. The molecule has 0 amide bonds. The lowest BCUT2D eigenvalue weighted by atomic mass is 10.5. The Bertz CT molecular complexity index is 137. The van der Waals surface area contributed by atoms with Gasteiger partial charge in [0, 0.05) is 7.11 Å². The lowest BCUT2D eigenvalue weighted by Gasteiger charge is -1.86. The fourth-order valence-corrected chi connectivity index (χ4v) is 0.457. The molecule has 0 atom stereocenters. The van der Waals surface area contributed by atoms with Gasteiger partial charge in [-0.1, -0.05) is 7.43 Å². The van der Waals surface area contributed by atoms with Crippen LogP contribution in [0.25, 0.3) is 0 Å². The fourth-order valence-electron chi connectivity index (χ4n) is 0.457. The number of hydrogen-bond donors (Lipinski definition) is 0. The average molecular weight is 129 g/mol. The maximum Gasteiger partial charge on any atom is 0.180 e. The zero-order chi connectivity index (χ0) is 5.82. The van der Waals surface area contributed by atoms with Crippen molar-refractivity contribution in [3.8, 4) is 0 Å². The first-order valence-corrected chi connectivity index (χ1v) is 2.29. The molecule has 0 aliphatic heterocycles. The van der Waals surface area contributed by atoms with E-state index in [0.717, 1.165) is 5.69 Å². The Balaban J connectivity index is 0.000000640. The van der Waals surface area contributed by atoms with Gasteiger partial charge in [0.15, 0.2) is 6.39 Å². The molecule has 1 heterocycles. The highest BCUT2D eigenvalue weighted by Crippen LogP contribution is 1.93. The zero-order valence-corrected chi connectivity index (χ0v) is 4.63. The van der Waals surface area contributed by atoms with Gasteiger partial charge < -0.3 is 9.15 Å². The second kappa shape index (κ2) is 4.09. The molecule has 0 bridgehead atoms. The second-order valence-electron chi connectivity index (χ2n) is 1.41. The van der Waals surface area contributed by atoms with E-state index < -0.39 is 0 Å². The van der Waals surface area contributed by atoms with Gasteiger partial charge in [0.05, 0.1) is 6.61 Å². The number of hydrogen-bond acceptors (Lipinski definition) is 3. The van der Waals surface area contributed by atoms with Crippen LogP contribution in [0.1, 0.15) is 13.1 Å². The van der Waals surface area contributed by atoms with E-state index >= 15 is 0 Å². The second-order valence-corrected chi connectivity index (χ2v) is 1.41. The van der Waals surface area contributed by atoms with Gasteiger partial charge in [-0.25, -0.2) is 4.98 Å².